The van der Waals surface area contributed by atoms with Crippen molar-refractivity contribution in [2.45, 2.75) is 52.7 Å². The Bertz CT molecular complexity index is 1120. The van der Waals surface area contributed by atoms with E-state index in [1.807, 2.05) is 13.8 Å². The molecule has 0 fully saturated rings. The van der Waals surface area contributed by atoms with Crippen molar-refractivity contribution in [1.82, 2.24) is 10.2 Å². The summed E-state index contributed by atoms with van der Waals surface area (Å²) in [5.41, 5.74) is 1.51. The van der Waals surface area contributed by atoms with E-state index in [1.54, 1.807) is 26.0 Å². The zero-order chi connectivity index (χ0) is 25.6. The highest BCUT2D eigenvalue weighted by Crippen LogP contribution is 2.27. The van der Waals surface area contributed by atoms with Crippen LogP contribution in [0.25, 0.3) is 0 Å². The summed E-state index contributed by atoms with van der Waals surface area (Å²) in [6, 6.07) is 9.38. The normalized spacial score (nSPS) is 12.4. The molecule has 0 aromatic heterocycles. The van der Waals surface area contributed by atoms with E-state index in [1.165, 1.54) is 35.2 Å². The summed E-state index contributed by atoms with van der Waals surface area (Å²) in [5.74, 6) is -1.34. The summed E-state index contributed by atoms with van der Waals surface area (Å²) in [7, 11) is -3.86. The number of sulfonamides is 1. The smallest absolute Gasteiger partial charge is 0.244 e. The number of hydrogen-bond acceptors (Lipinski definition) is 4. The SMILES string of the molecule is CC[C@H](C(=O)NC(C)C)N(Cc1ccc(F)cc1)C(=O)CN(c1cc(Cl)ccc1C)S(C)(=O)=O. The highest BCUT2D eigenvalue weighted by atomic mass is 35.5. The Morgan fingerprint density at radius 2 is 1.74 bits per heavy atom. The first-order valence-electron chi connectivity index (χ1n) is 10.9. The van der Waals surface area contributed by atoms with Gasteiger partial charge in [0.1, 0.15) is 18.4 Å². The van der Waals surface area contributed by atoms with Crippen molar-refractivity contribution >= 4 is 39.1 Å². The van der Waals surface area contributed by atoms with Crippen molar-refractivity contribution in [2.24, 2.45) is 0 Å². The third-order valence-electron chi connectivity index (χ3n) is 5.20. The Balaban J connectivity index is 2.48. The molecule has 0 aliphatic rings. The molecule has 1 N–H and O–H groups in total. The van der Waals surface area contributed by atoms with Crippen LogP contribution in [0.2, 0.25) is 5.02 Å². The summed E-state index contributed by atoms with van der Waals surface area (Å²) < 4.78 is 39.7. The van der Waals surface area contributed by atoms with Crippen molar-refractivity contribution < 1.29 is 22.4 Å². The summed E-state index contributed by atoms with van der Waals surface area (Å²) >= 11 is 6.09. The molecule has 0 aliphatic carbocycles. The second-order valence-electron chi connectivity index (χ2n) is 8.44. The van der Waals surface area contributed by atoms with Crippen LogP contribution in [0, 0.1) is 12.7 Å². The first kappa shape index (κ1) is 27.6. The number of carbonyl (C=O) groups is 2. The van der Waals surface area contributed by atoms with E-state index in [-0.39, 0.29) is 24.2 Å². The molecule has 0 saturated carbocycles. The lowest BCUT2D eigenvalue weighted by Crippen LogP contribution is -2.53. The number of nitrogens with zero attached hydrogens (tertiary/aromatic N) is 2. The van der Waals surface area contributed by atoms with Crippen LogP contribution >= 0.6 is 11.6 Å². The lowest BCUT2D eigenvalue weighted by atomic mass is 10.1. The Morgan fingerprint density at radius 3 is 2.26 bits per heavy atom. The fourth-order valence-corrected chi connectivity index (χ4v) is 4.60. The average Bonchev–Trinajstić information content (AvgIpc) is 2.73. The van der Waals surface area contributed by atoms with Gasteiger partial charge in [0.25, 0.3) is 0 Å². The van der Waals surface area contributed by atoms with Gasteiger partial charge in [-0.15, -0.1) is 0 Å². The van der Waals surface area contributed by atoms with E-state index in [2.05, 4.69) is 5.32 Å². The van der Waals surface area contributed by atoms with Crippen LogP contribution in [-0.4, -0.2) is 50.0 Å². The molecule has 7 nitrogen and oxygen atoms in total. The molecular weight excluding hydrogens is 481 g/mol. The number of rotatable bonds is 10. The van der Waals surface area contributed by atoms with Gasteiger partial charge >= 0.3 is 0 Å². The van der Waals surface area contributed by atoms with E-state index >= 15 is 0 Å². The van der Waals surface area contributed by atoms with Crippen molar-refractivity contribution in [3.63, 3.8) is 0 Å². The molecule has 2 aromatic carbocycles. The summed E-state index contributed by atoms with van der Waals surface area (Å²) in [6.07, 6.45) is 1.31. The summed E-state index contributed by atoms with van der Waals surface area (Å²) in [5, 5.41) is 3.14. The van der Waals surface area contributed by atoms with Crippen molar-refractivity contribution in [1.29, 1.82) is 0 Å². The Morgan fingerprint density at radius 1 is 1.12 bits per heavy atom. The molecule has 186 valence electrons. The maximum absolute atomic E-state index is 13.6. The molecule has 0 heterocycles. The van der Waals surface area contributed by atoms with Crippen LogP contribution in [-0.2, 0) is 26.2 Å². The van der Waals surface area contributed by atoms with E-state index < -0.39 is 34.3 Å². The van der Waals surface area contributed by atoms with Crippen LogP contribution in [0.5, 0.6) is 0 Å². The fourth-order valence-electron chi connectivity index (χ4n) is 3.53. The Kier molecular flexibility index (Phi) is 9.46. The summed E-state index contributed by atoms with van der Waals surface area (Å²) in [4.78, 5) is 27.8. The quantitative estimate of drug-likeness (QED) is 0.524. The molecular formula is C24H31ClFN3O4S. The van der Waals surface area contributed by atoms with Gasteiger partial charge in [-0.3, -0.25) is 13.9 Å². The monoisotopic (exact) mass is 511 g/mol. The van der Waals surface area contributed by atoms with Crippen LogP contribution < -0.4 is 9.62 Å². The standard InChI is InChI=1S/C24H31ClFN3O4S/c1-6-21(24(31)27-16(2)3)28(14-18-8-11-20(26)12-9-18)23(30)15-29(34(5,32)33)22-13-19(25)10-7-17(22)4/h7-13,16,21H,6,14-15H2,1-5H3,(H,27,31)/t21-/m1/s1. The third-order valence-corrected chi connectivity index (χ3v) is 6.56. The van der Waals surface area contributed by atoms with Gasteiger partial charge in [0.15, 0.2) is 0 Å². The molecule has 0 saturated heterocycles. The zero-order valence-electron chi connectivity index (χ0n) is 20.0. The summed E-state index contributed by atoms with van der Waals surface area (Å²) in [6.45, 7) is 6.59. The second-order valence-corrected chi connectivity index (χ2v) is 10.8. The molecule has 2 amide bonds. The van der Waals surface area contributed by atoms with E-state index in [0.717, 1.165) is 10.6 Å². The number of anilines is 1. The predicted molar refractivity (Wildman–Crippen MR) is 133 cm³/mol. The largest absolute Gasteiger partial charge is 0.352 e. The van der Waals surface area contributed by atoms with Crippen molar-refractivity contribution in [2.75, 3.05) is 17.1 Å². The lowest BCUT2D eigenvalue weighted by molar-refractivity contribution is -0.140. The first-order valence-corrected chi connectivity index (χ1v) is 13.1. The molecule has 2 aromatic rings. The number of carbonyl (C=O) groups excluding carboxylic acids is 2. The van der Waals surface area contributed by atoms with E-state index in [9.17, 15) is 22.4 Å². The van der Waals surface area contributed by atoms with Gasteiger partial charge in [0.2, 0.25) is 21.8 Å². The first-order chi connectivity index (χ1) is 15.8. The van der Waals surface area contributed by atoms with Crippen LogP contribution in [0.15, 0.2) is 42.5 Å². The maximum Gasteiger partial charge on any atom is 0.244 e. The minimum Gasteiger partial charge on any atom is -0.352 e. The molecule has 0 radical (unpaired) electrons. The number of aryl methyl sites for hydroxylation is 1. The molecule has 34 heavy (non-hydrogen) atoms. The molecule has 2 rings (SSSR count). The van der Waals surface area contributed by atoms with Crippen molar-refractivity contribution in [3.05, 3.63) is 64.4 Å². The minimum atomic E-state index is -3.86. The van der Waals surface area contributed by atoms with Gasteiger partial charge in [-0.2, -0.15) is 0 Å². The molecule has 0 spiro atoms. The molecule has 10 heteroatoms. The van der Waals surface area contributed by atoms with Crippen LogP contribution in [0.4, 0.5) is 10.1 Å². The molecule has 0 aliphatic heterocycles. The zero-order valence-corrected chi connectivity index (χ0v) is 21.6. The predicted octanol–water partition coefficient (Wildman–Crippen LogP) is 3.89. The topological polar surface area (TPSA) is 86.8 Å². The molecule has 0 unspecified atom stereocenters. The Hall–Kier alpha value is -2.65. The van der Waals surface area contributed by atoms with Gasteiger partial charge in [-0.25, -0.2) is 12.8 Å². The number of benzene rings is 2. The number of hydrogen-bond donors (Lipinski definition) is 1. The van der Waals surface area contributed by atoms with E-state index in [4.69, 9.17) is 11.6 Å². The Labute approximate surface area is 205 Å². The lowest BCUT2D eigenvalue weighted by Gasteiger charge is -2.33. The third kappa shape index (κ3) is 7.43. The average molecular weight is 512 g/mol. The number of halogens is 2. The minimum absolute atomic E-state index is 0.00919. The second kappa shape index (κ2) is 11.7. The van der Waals surface area contributed by atoms with Gasteiger partial charge in [-0.1, -0.05) is 36.7 Å². The fraction of sp³-hybridized carbons (Fsp3) is 0.417. The number of nitrogens with one attached hydrogen (secondary N) is 1. The highest BCUT2D eigenvalue weighted by molar-refractivity contribution is 7.92. The van der Waals surface area contributed by atoms with Gasteiger partial charge in [0, 0.05) is 17.6 Å². The van der Waals surface area contributed by atoms with Crippen LogP contribution in [0.1, 0.15) is 38.3 Å². The van der Waals surface area contributed by atoms with E-state index in [0.29, 0.717) is 22.6 Å². The molecule has 1 atom stereocenters. The van der Waals surface area contributed by atoms with Gasteiger partial charge in [0.05, 0.1) is 11.9 Å². The molecule has 0 bridgehead atoms. The van der Waals surface area contributed by atoms with Crippen LogP contribution in [0.3, 0.4) is 0 Å². The van der Waals surface area contributed by atoms with Crippen molar-refractivity contribution in [3.8, 4) is 0 Å². The highest BCUT2D eigenvalue weighted by Gasteiger charge is 2.32. The van der Waals surface area contributed by atoms with Gasteiger partial charge in [-0.05, 0) is 62.6 Å². The maximum atomic E-state index is 13.6. The van der Waals surface area contributed by atoms with Gasteiger partial charge < -0.3 is 10.2 Å². The number of amides is 2.